The van der Waals surface area contributed by atoms with Crippen molar-refractivity contribution < 1.29 is 8.42 Å². The molecule has 0 saturated carbocycles. The number of hydrogen-bond acceptors (Lipinski definition) is 2. The van der Waals surface area contributed by atoms with Crippen molar-refractivity contribution in [1.82, 2.24) is 4.31 Å². The molecule has 106 valence electrons. The fourth-order valence-corrected chi connectivity index (χ4v) is 4.81. The first-order valence-electron chi connectivity index (χ1n) is 5.91. The first-order chi connectivity index (χ1) is 8.84. The molecule has 1 aromatic carbocycles. The molecule has 1 rings (SSSR count). The maximum absolute atomic E-state index is 12.6. The van der Waals surface area contributed by atoms with Crippen LogP contribution in [-0.2, 0) is 10.0 Å². The van der Waals surface area contributed by atoms with Crippen LogP contribution in [0.3, 0.4) is 0 Å². The SMILES string of the molecule is C=CCN(CCC)S(=O)(=O)c1cc(Br)c(C)cc1Br. The predicted octanol–water partition coefficient (Wildman–Crippen LogP) is 4.11. The summed E-state index contributed by atoms with van der Waals surface area (Å²) in [6.07, 6.45) is 2.36. The normalized spacial score (nSPS) is 11.8. The van der Waals surface area contributed by atoms with Crippen molar-refractivity contribution in [2.75, 3.05) is 13.1 Å². The van der Waals surface area contributed by atoms with Crippen molar-refractivity contribution in [3.8, 4) is 0 Å². The van der Waals surface area contributed by atoms with Crippen molar-refractivity contribution in [2.45, 2.75) is 25.2 Å². The summed E-state index contributed by atoms with van der Waals surface area (Å²) < 4.78 is 28.0. The molecule has 0 heterocycles. The number of halogens is 2. The molecule has 0 aliphatic carbocycles. The highest BCUT2D eigenvalue weighted by atomic mass is 79.9. The van der Waals surface area contributed by atoms with E-state index < -0.39 is 10.0 Å². The third-order valence-electron chi connectivity index (χ3n) is 2.64. The molecule has 0 unspecified atom stereocenters. The molecule has 0 aromatic heterocycles. The van der Waals surface area contributed by atoms with Crippen LogP contribution in [0.5, 0.6) is 0 Å². The van der Waals surface area contributed by atoms with Crippen LogP contribution >= 0.6 is 31.9 Å². The largest absolute Gasteiger partial charge is 0.244 e. The smallest absolute Gasteiger partial charge is 0.207 e. The topological polar surface area (TPSA) is 37.4 Å². The van der Waals surface area contributed by atoms with Gasteiger partial charge in [0, 0.05) is 22.0 Å². The molecule has 0 spiro atoms. The average molecular weight is 411 g/mol. The zero-order chi connectivity index (χ0) is 14.6. The second-order valence-electron chi connectivity index (χ2n) is 4.18. The van der Waals surface area contributed by atoms with Crippen molar-refractivity contribution in [3.05, 3.63) is 39.3 Å². The van der Waals surface area contributed by atoms with E-state index in [1.807, 2.05) is 13.8 Å². The Balaban J connectivity index is 3.32. The molecule has 0 fully saturated rings. The minimum atomic E-state index is -3.51. The summed E-state index contributed by atoms with van der Waals surface area (Å²) in [7, 11) is -3.51. The van der Waals surface area contributed by atoms with Crippen LogP contribution in [0.15, 0.2) is 38.6 Å². The van der Waals surface area contributed by atoms with Crippen molar-refractivity contribution in [3.63, 3.8) is 0 Å². The third kappa shape index (κ3) is 3.90. The van der Waals surface area contributed by atoms with Gasteiger partial charge >= 0.3 is 0 Å². The van der Waals surface area contributed by atoms with Crippen molar-refractivity contribution in [2.24, 2.45) is 0 Å². The minimum Gasteiger partial charge on any atom is -0.207 e. The van der Waals surface area contributed by atoms with Gasteiger partial charge < -0.3 is 0 Å². The highest BCUT2D eigenvalue weighted by Crippen LogP contribution is 2.30. The minimum absolute atomic E-state index is 0.278. The lowest BCUT2D eigenvalue weighted by Gasteiger charge is -2.21. The molecule has 3 nitrogen and oxygen atoms in total. The van der Waals surface area contributed by atoms with Crippen LogP contribution in [0.2, 0.25) is 0 Å². The highest BCUT2D eigenvalue weighted by molar-refractivity contribution is 9.11. The Labute approximate surface area is 132 Å². The molecule has 0 radical (unpaired) electrons. The number of rotatable bonds is 6. The number of hydrogen-bond donors (Lipinski definition) is 0. The van der Waals surface area contributed by atoms with Crippen LogP contribution < -0.4 is 0 Å². The van der Waals surface area contributed by atoms with Gasteiger partial charge in [-0.15, -0.1) is 6.58 Å². The van der Waals surface area contributed by atoms with Gasteiger partial charge in [-0.25, -0.2) is 8.42 Å². The summed E-state index contributed by atoms with van der Waals surface area (Å²) in [5.74, 6) is 0. The fraction of sp³-hybridized carbons (Fsp3) is 0.385. The predicted molar refractivity (Wildman–Crippen MR) is 85.8 cm³/mol. The van der Waals surface area contributed by atoms with Crippen LogP contribution in [0, 0.1) is 6.92 Å². The molecular weight excluding hydrogens is 394 g/mol. The first-order valence-corrected chi connectivity index (χ1v) is 8.93. The van der Waals surface area contributed by atoms with Gasteiger partial charge in [0.05, 0.1) is 4.90 Å². The summed E-state index contributed by atoms with van der Waals surface area (Å²) in [5, 5.41) is 0. The van der Waals surface area contributed by atoms with E-state index in [2.05, 4.69) is 38.4 Å². The second kappa shape index (κ2) is 7.02. The number of nitrogens with zero attached hydrogens (tertiary/aromatic N) is 1. The number of aryl methyl sites for hydroxylation is 1. The molecule has 0 N–H and O–H groups in total. The molecule has 0 bridgehead atoms. The summed E-state index contributed by atoms with van der Waals surface area (Å²) >= 11 is 6.71. The van der Waals surface area contributed by atoms with Crippen LogP contribution in [0.1, 0.15) is 18.9 Å². The van der Waals surface area contributed by atoms with Crippen molar-refractivity contribution >= 4 is 41.9 Å². The van der Waals surface area contributed by atoms with E-state index in [-0.39, 0.29) is 4.90 Å². The molecule has 19 heavy (non-hydrogen) atoms. The van der Waals surface area contributed by atoms with Crippen LogP contribution in [0.4, 0.5) is 0 Å². The van der Waals surface area contributed by atoms with E-state index in [1.165, 1.54) is 4.31 Å². The van der Waals surface area contributed by atoms with Gasteiger partial charge in [-0.1, -0.05) is 28.9 Å². The third-order valence-corrected chi connectivity index (χ3v) is 6.31. The maximum atomic E-state index is 12.6. The van der Waals surface area contributed by atoms with E-state index in [4.69, 9.17) is 0 Å². The monoisotopic (exact) mass is 409 g/mol. The maximum Gasteiger partial charge on any atom is 0.244 e. The Bertz CT molecular complexity index is 570. The Morgan fingerprint density at radius 3 is 2.47 bits per heavy atom. The quantitative estimate of drug-likeness (QED) is 0.661. The first kappa shape index (κ1) is 16.9. The van der Waals surface area contributed by atoms with E-state index in [9.17, 15) is 8.42 Å². The Morgan fingerprint density at radius 1 is 1.32 bits per heavy atom. The summed E-state index contributed by atoms with van der Waals surface area (Å²) in [4.78, 5) is 0.278. The number of benzene rings is 1. The van der Waals surface area contributed by atoms with Gasteiger partial charge in [0.2, 0.25) is 10.0 Å². The second-order valence-corrected chi connectivity index (χ2v) is 7.80. The zero-order valence-corrected chi connectivity index (χ0v) is 15.0. The van der Waals surface area contributed by atoms with Gasteiger partial charge in [0.25, 0.3) is 0 Å². The molecule has 0 amide bonds. The summed E-state index contributed by atoms with van der Waals surface area (Å²) in [6.45, 7) is 8.27. The van der Waals surface area contributed by atoms with E-state index in [0.29, 0.717) is 17.6 Å². The van der Waals surface area contributed by atoms with E-state index >= 15 is 0 Å². The highest BCUT2D eigenvalue weighted by Gasteiger charge is 2.25. The van der Waals surface area contributed by atoms with Crippen LogP contribution in [0.25, 0.3) is 0 Å². The molecule has 0 aliphatic heterocycles. The Kier molecular flexibility index (Phi) is 6.23. The number of sulfonamides is 1. The summed E-state index contributed by atoms with van der Waals surface area (Å²) in [5.41, 5.74) is 0.983. The molecule has 6 heteroatoms. The lowest BCUT2D eigenvalue weighted by molar-refractivity contribution is 0.441. The average Bonchev–Trinajstić information content (AvgIpc) is 2.33. The van der Waals surface area contributed by atoms with Gasteiger partial charge in [-0.05, 0) is 47.0 Å². The standard InChI is InChI=1S/C13H17Br2NO2S/c1-4-6-16(7-5-2)19(17,18)13-9-11(14)10(3)8-12(13)15/h4,8-9H,1,5-7H2,2-3H3. The van der Waals surface area contributed by atoms with Gasteiger partial charge in [0.15, 0.2) is 0 Å². The van der Waals surface area contributed by atoms with E-state index in [0.717, 1.165) is 16.5 Å². The molecular formula is C13H17Br2NO2S. The summed E-state index contributed by atoms with van der Waals surface area (Å²) in [6, 6.07) is 3.44. The molecule has 0 aliphatic rings. The zero-order valence-electron chi connectivity index (χ0n) is 11.0. The fourth-order valence-electron chi connectivity index (χ4n) is 1.67. The van der Waals surface area contributed by atoms with E-state index in [1.54, 1.807) is 18.2 Å². The molecule has 0 saturated heterocycles. The Hall–Kier alpha value is -0.170. The van der Waals surface area contributed by atoms with Gasteiger partial charge in [-0.2, -0.15) is 4.31 Å². The van der Waals surface area contributed by atoms with Crippen molar-refractivity contribution in [1.29, 1.82) is 0 Å². The Morgan fingerprint density at radius 2 is 1.95 bits per heavy atom. The molecule has 1 aromatic rings. The lowest BCUT2D eigenvalue weighted by Crippen LogP contribution is -2.32. The lowest BCUT2D eigenvalue weighted by atomic mass is 10.2. The van der Waals surface area contributed by atoms with Gasteiger partial charge in [-0.3, -0.25) is 0 Å². The van der Waals surface area contributed by atoms with Gasteiger partial charge in [0.1, 0.15) is 0 Å². The van der Waals surface area contributed by atoms with Crippen LogP contribution in [-0.4, -0.2) is 25.8 Å². The molecule has 0 atom stereocenters.